The molecule has 0 radical (unpaired) electrons. The second-order valence-corrected chi connectivity index (χ2v) is 5.54. The van der Waals surface area contributed by atoms with E-state index in [0.29, 0.717) is 0 Å². The molecule has 1 aromatic rings. The number of fused-ring (bicyclic) bond motifs is 1. The quantitative estimate of drug-likeness (QED) is 0.850. The Hall–Kier alpha value is -0.860. The van der Waals surface area contributed by atoms with Gasteiger partial charge in [-0.1, -0.05) is 24.3 Å². The van der Waals surface area contributed by atoms with Gasteiger partial charge in [0.1, 0.15) is 0 Å². The second-order valence-electron chi connectivity index (χ2n) is 5.54. The third-order valence-electron chi connectivity index (χ3n) is 4.36. The van der Waals surface area contributed by atoms with Crippen LogP contribution in [0.15, 0.2) is 24.3 Å². The van der Waals surface area contributed by atoms with Crippen LogP contribution in [0.4, 0.5) is 0 Å². The second kappa shape index (κ2) is 4.79. The Morgan fingerprint density at radius 2 is 1.94 bits per heavy atom. The molecule has 2 heteroatoms. The van der Waals surface area contributed by atoms with Gasteiger partial charge in [-0.3, -0.25) is 4.90 Å². The number of benzene rings is 1. The van der Waals surface area contributed by atoms with Crippen LogP contribution in [0.1, 0.15) is 17.5 Å². The summed E-state index contributed by atoms with van der Waals surface area (Å²) in [5.74, 6) is 0.865. The summed E-state index contributed by atoms with van der Waals surface area (Å²) in [6.07, 6.45) is 3.90. The topological polar surface area (TPSA) is 15.3 Å². The Morgan fingerprint density at radius 1 is 1.24 bits per heavy atom. The van der Waals surface area contributed by atoms with Crippen LogP contribution < -0.4 is 5.32 Å². The van der Waals surface area contributed by atoms with E-state index in [0.717, 1.165) is 12.0 Å². The summed E-state index contributed by atoms with van der Waals surface area (Å²) in [4.78, 5) is 2.71. The van der Waals surface area contributed by atoms with Crippen molar-refractivity contribution in [3.63, 3.8) is 0 Å². The smallest absolute Gasteiger partial charge is 0.0176 e. The van der Waals surface area contributed by atoms with Crippen molar-refractivity contribution >= 4 is 0 Å². The van der Waals surface area contributed by atoms with Gasteiger partial charge in [0.05, 0.1) is 0 Å². The van der Waals surface area contributed by atoms with Gasteiger partial charge in [-0.05, 0) is 56.4 Å². The Bertz CT molecular complexity index is 363. The van der Waals surface area contributed by atoms with Crippen LogP contribution in [0.2, 0.25) is 0 Å². The first kappa shape index (κ1) is 11.2. The first-order chi connectivity index (χ1) is 8.36. The first-order valence-corrected chi connectivity index (χ1v) is 6.82. The summed E-state index contributed by atoms with van der Waals surface area (Å²) in [5.41, 5.74) is 3.16. The predicted molar refractivity (Wildman–Crippen MR) is 71.2 cm³/mol. The van der Waals surface area contributed by atoms with Gasteiger partial charge in [0.25, 0.3) is 0 Å². The Kier molecular flexibility index (Phi) is 3.17. The van der Waals surface area contributed by atoms with Gasteiger partial charge >= 0.3 is 0 Å². The Balaban J connectivity index is 1.62. The van der Waals surface area contributed by atoms with Crippen molar-refractivity contribution in [2.24, 2.45) is 5.92 Å². The van der Waals surface area contributed by atoms with Crippen molar-refractivity contribution in [3.8, 4) is 0 Å². The predicted octanol–water partition coefficient (Wildman–Crippen LogP) is 1.70. The van der Waals surface area contributed by atoms with Crippen molar-refractivity contribution in [1.29, 1.82) is 0 Å². The summed E-state index contributed by atoms with van der Waals surface area (Å²) >= 11 is 0. The summed E-state index contributed by atoms with van der Waals surface area (Å²) in [6.45, 7) is 3.76. The number of hydrogen-bond donors (Lipinski definition) is 1. The lowest BCUT2D eigenvalue weighted by Gasteiger charge is -2.23. The number of hydrogen-bond acceptors (Lipinski definition) is 2. The molecule has 0 aromatic heterocycles. The zero-order valence-corrected chi connectivity index (χ0v) is 10.7. The molecule has 2 nitrogen and oxygen atoms in total. The van der Waals surface area contributed by atoms with Gasteiger partial charge in [-0.15, -0.1) is 0 Å². The van der Waals surface area contributed by atoms with Gasteiger partial charge in [0.2, 0.25) is 0 Å². The fourth-order valence-corrected chi connectivity index (χ4v) is 3.44. The highest BCUT2D eigenvalue weighted by Crippen LogP contribution is 2.28. The van der Waals surface area contributed by atoms with Gasteiger partial charge < -0.3 is 5.32 Å². The SMILES string of the molecule is CNCC1CCN(C2Cc3ccccc3C2)C1. The molecule has 1 aromatic carbocycles. The van der Waals surface area contributed by atoms with E-state index in [1.807, 2.05) is 0 Å². The van der Waals surface area contributed by atoms with E-state index in [4.69, 9.17) is 0 Å². The molecule has 1 heterocycles. The van der Waals surface area contributed by atoms with Gasteiger partial charge in [-0.2, -0.15) is 0 Å². The molecule has 1 N–H and O–H groups in total. The molecule has 1 saturated heterocycles. The normalized spacial score (nSPS) is 25.4. The highest BCUT2D eigenvalue weighted by atomic mass is 15.2. The third-order valence-corrected chi connectivity index (χ3v) is 4.36. The van der Waals surface area contributed by atoms with E-state index in [2.05, 4.69) is 41.5 Å². The fourth-order valence-electron chi connectivity index (χ4n) is 3.44. The maximum Gasteiger partial charge on any atom is 0.0176 e. The minimum atomic E-state index is 0.772. The lowest BCUT2D eigenvalue weighted by atomic mass is 10.1. The average molecular weight is 230 g/mol. The molecule has 0 spiro atoms. The van der Waals surface area contributed by atoms with E-state index >= 15 is 0 Å². The van der Waals surface area contributed by atoms with Crippen LogP contribution in [0.5, 0.6) is 0 Å². The summed E-state index contributed by atoms with van der Waals surface area (Å²) in [6, 6.07) is 9.73. The number of nitrogens with one attached hydrogen (secondary N) is 1. The first-order valence-electron chi connectivity index (χ1n) is 6.82. The molecule has 1 unspecified atom stereocenters. The zero-order valence-electron chi connectivity index (χ0n) is 10.7. The largest absolute Gasteiger partial charge is 0.319 e. The zero-order chi connectivity index (χ0) is 11.7. The molecule has 1 aliphatic carbocycles. The van der Waals surface area contributed by atoms with Gasteiger partial charge in [0, 0.05) is 12.6 Å². The van der Waals surface area contributed by atoms with Crippen LogP contribution >= 0.6 is 0 Å². The van der Waals surface area contributed by atoms with E-state index in [1.54, 1.807) is 11.1 Å². The minimum absolute atomic E-state index is 0.772. The van der Waals surface area contributed by atoms with Crippen LogP contribution in [0.3, 0.4) is 0 Å². The maximum absolute atomic E-state index is 3.31. The minimum Gasteiger partial charge on any atom is -0.319 e. The van der Waals surface area contributed by atoms with Crippen molar-refractivity contribution in [1.82, 2.24) is 10.2 Å². The summed E-state index contributed by atoms with van der Waals surface area (Å²) in [5, 5.41) is 3.31. The monoisotopic (exact) mass is 230 g/mol. The Labute approximate surface area is 104 Å². The summed E-state index contributed by atoms with van der Waals surface area (Å²) in [7, 11) is 2.06. The lowest BCUT2D eigenvalue weighted by molar-refractivity contribution is 0.240. The lowest BCUT2D eigenvalue weighted by Crippen LogP contribution is -2.34. The van der Waals surface area contributed by atoms with Crippen molar-refractivity contribution in [2.75, 3.05) is 26.7 Å². The molecule has 0 saturated carbocycles. The molecule has 17 heavy (non-hydrogen) atoms. The van der Waals surface area contributed by atoms with Gasteiger partial charge in [0.15, 0.2) is 0 Å². The van der Waals surface area contributed by atoms with Crippen molar-refractivity contribution in [3.05, 3.63) is 35.4 Å². The summed E-state index contributed by atoms with van der Waals surface area (Å²) < 4.78 is 0. The molecule has 1 fully saturated rings. The number of likely N-dealkylation sites (tertiary alicyclic amines) is 1. The third kappa shape index (κ3) is 2.24. The highest BCUT2D eigenvalue weighted by molar-refractivity contribution is 5.33. The molecule has 3 rings (SSSR count). The van der Waals surface area contributed by atoms with Crippen LogP contribution in [-0.2, 0) is 12.8 Å². The molecule has 2 aliphatic rings. The molecular formula is C15H22N2. The van der Waals surface area contributed by atoms with Crippen LogP contribution in [-0.4, -0.2) is 37.6 Å². The van der Waals surface area contributed by atoms with Crippen molar-refractivity contribution < 1.29 is 0 Å². The average Bonchev–Trinajstić information content (AvgIpc) is 2.94. The highest BCUT2D eigenvalue weighted by Gasteiger charge is 2.31. The van der Waals surface area contributed by atoms with E-state index in [1.165, 1.54) is 38.9 Å². The van der Waals surface area contributed by atoms with Gasteiger partial charge in [-0.25, -0.2) is 0 Å². The number of nitrogens with zero attached hydrogens (tertiary/aromatic N) is 1. The Morgan fingerprint density at radius 3 is 2.59 bits per heavy atom. The molecule has 0 amide bonds. The van der Waals surface area contributed by atoms with Crippen molar-refractivity contribution in [2.45, 2.75) is 25.3 Å². The maximum atomic E-state index is 3.31. The van der Waals surface area contributed by atoms with Crippen LogP contribution in [0, 0.1) is 5.92 Å². The molecule has 92 valence electrons. The van der Waals surface area contributed by atoms with E-state index in [9.17, 15) is 0 Å². The van der Waals surface area contributed by atoms with Crippen LogP contribution in [0.25, 0.3) is 0 Å². The number of rotatable bonds is 3. The molecule has 1 aliphatic heterocycles. The molecule has 0 bridgehead atoms. The van der Waals surface area contributed by atoms with E-state index < -0.39 is 0 Å². The standard InChI is InChI=1S/C15H22N2/c1-16-10-12-6-7-17(11-12)15-8-13-4-2-3-5-14(13)9-15/h2-5,12,15-16H,6-11H2,1H3. The fraction of sp³-hybridized carbons (Fsp3) is 0.600. The molecular weight excluding hydrogens is 208 g/mol. The van der Waals surface area contributed by atoms with E-state index in [-0.39, 0.29) is 0 Å². The molecule has 1 atom stereocenters.